The van der Waals surface area contributed by atoms with Gasteiger partial charge in [0.05, 0.1) is 6.54 Å². The summed E-state index contributed by atoms with van der Waals surface area (Å²) in [6.07, 6.45) is 1.19. The number of hydrogen-bond donors (Lipinski definition) is 1. The number of halogens is 1. The largest absolute Gasteiger partial charge is 0.492 e. The Labute approximate surface area is 123 Å². The Morgan fingerprint density at radius 3 is 2.48 bits per heavy atom. The van der Waals surface area contributed by atoms with Crippen molar-refractivity contribution in [2.24, 2.45) is 0 Å². The highest BCUT2D eigenvalue weighted by Gasteiger charge is 2.02. The van der Waals surface area contributed by atoms with Crippen LogP contribution in [-0.2, 0) is 11.2 Å². The van der Waals surface area contributed by atoms with E-state index < -0.39 is 0 Å². The summed E-state index contributed by atoms with van der Waals surface area (Å²) in [6, 6.07) is 15.7. The Kier molecular flexibility index (Phi) is 5.76. The lowest BCUT2D eigenvalue weighted by Crippen LogP contribution is -2.28. The van der Waals surface area contributed by atoms with E-state index in [1.54, 1.807) is 12.1 Å². The van der Waals surface area contributed by atoms with Gasteiger partial charge in [0.2, 0.25) is 5.91 Å². The van der Waals surface area contributed by atoms with Gasteiger partial charge in [0.1, 0.15) is 18.2 Å². The van der Waals surface area contributed by atoms with E-state index in [1.165, 1.54) is 12.1 Å². The molecule has 0 aliphatic carbocycles. The number of hydrogen-bond acceptors (Lipinski definition) is 2. The minimum Gasteiger partial charge on any atom is -0.492 e. The van der Waals surface area contributed by atoms with E-state index in [9.17, 15) is 9.18 Å². The first-order valence-corrected chi connectivity index (χ1v) is 6.93. The summed E-state index contributed by atoms with van der Waals surface area (Å²) in [7, 11) is 0. The number of nitrogens with one attached hydrogen (secondary N) is 1. The van der Waals surface area contributed by atoms with Crippen LogP contribution in [-0.4, -0.2) is 19.1 Å². The molecule has 0 spiro atoms. The minimum absolute atomic E-state index is 0.00144. The molecule has 0 atom stereocenters. The van der Waals surface area contributed by atoms with Crippen molar-refractivity contribution in [3.63, 3.8) is 0 Å². The molecule has 3 nitrogen and oxygen atoms in total. The third-order valence-electron chi connectivity index (χ3n) is 2.99. The van der Waals surface area contributed by atoms with Crippen molar-refractivity contribution in [1.29, 1.82) is 0 Å². The van der Waals surface area contributed by atoms with Gasteiger partial charge in [-0.2, -0.15) is 0 Å². The van der Waals surface area contributed by atoms with Gasteiger partial charge >= 0.3 is 0 Å². The number of ether oxygens (including phenoxy) is 1. The number of rotatable bonds is 7. The molecule has 4 heteroatoms. The molecular formula is C17H18FNO2. The van der Waals surface area contributed by atoms with Crippen LogP contribution < -0.4 is 10.1 Å². The standard InChI is InChI=1S/C17H18FNO2/c18-15-7-9-16(10-8-15)21-13-12-19-17(20)11-6-14-4-2-1-3-5-14/h1-5,7-10H,6,11-13H2,(H,19,20). The maximum atomic E-state index is 12.7. The third-order valence-corrected chi connectivity index (χ3v) is 2.99. The minimum atomic E-state index is -0.295. The smallest absolute Gasteiger partial charge is 0.220 e. The maximum Gasteiger partial charge on any atom is 0.220 e. The summed E-state index contributed by atoms with van der Waals surface area (Å²) in [5.41, 5.74) is 1.15. The van der Waals surface area contributed by atoms with Crippen LogP contribution in [0, 0.1) is 5.82 Å². The molecule has 0 aliphatic rings. The van der Waals surface area contributed by atoms with Crippen molar-refractivity contribution in [1.82, 2.24) is 5.32 Å². The van der Waals surface area contributed by atoms with Gasteiger partial charge in [-0.3, -0.25) is 4.79 Å². The zero-order valence-electron chi connectivity index (χ0n) is 11.7. The van der Waals surface area contributed by atoms with Crippen LogP contribution in [0.25, 0.3) is 0 Å². The Morgan fingerprint density at radius 2 is 1.76 bits per heavy atom. The van der Waals surface area contributed by atoms with Crippen molar-refractivity contribution in [3.8, 4) is 5.75 Å². The lowest BCUT2D eigenvalue weighted by atomic mass is 10.1. The van der Waals surface area contributed by atoms with Crippen molar-refractivity contribution in [2.45, 2.75) is 12.8 Å². The lowest BCUT2D eigenvalue weighted by molar-refractivity contribution is -0.121. The van der Waals surface area contributed by atoms with Gasteiger partial charge in [0, 0.05) is 6.42 Å². The second-order valence-corrected chi connectivity index (χ2v) is 4.64. The second kappa shape index (κ2) is 8.04. The average molecular weight is 287 g/mol. The molecule has 0 saturated carbocycles. The molecule has 1 amide bonds. The van der Waals surface area contributed by atoms with Crippen molar-refractivity contribution in [2.75, 3.05) is 13.2 Å². The van der Waals surface area contributed by atoms with Crippen LogP contribution in [0.15, 0.2) is 54.6 Å². The van der Waals surface area contributed by atoms with Crippen LogP contribution >= 0.6 is 0 Å². The van der Waals surface area contributed by atoms with E-state index in [0.717, 1.165) is 12.0 Å². The van der Waals surface area contributed by atoms with Crippen LogP contribution in [0.5, 0.6) is 5.75 Å². The van der Waals surface area contributed by atoms with E-state index in [2.05, 4.69) is 5.32 Å². The van der Waals surface area contributed by atoms with Gasteiger partial charge in [-0.05, 0) is 36.2 Å². The van der Waals surface area contributed by atoms with Gasteiger partial charge in [-0.15, -0.1) is 0 Å². The van der Waals surface area contributed by atoms with Gasteiger partial charge in [0.25, 0.3) is 0 Å². The molecule has 0 saturated heterocycles. The van der Waals surface area contributed by atoms with Crippen molar-refractivity contribution < 1.29 is 13.9 Å². The van der Waals surface area contributed by atoms with E-state index in [0.29, 0.717) is 25.3 Å². The molecule has 2 aromatic rings. The third kappa shape index (κ3) is 5.65. The molecule has 21 heavy (non-hydrogen) atoms. The SMILES string of the molecule is O=C(CCc1ccccc1)NCCOc1ccc(F)cc1. The molecule has 0 unspecified atom stereocenters. The van der Waals surface area contributed by atoms with Crippen LogP contribution in [0.3, 0.4) is 0 Å². The quantitative estimate of drug-likeness (QED) is 0.795. The topological polar surface area (TPSA) is 38.3 Å². The zero-order chi connectivity index (χ0) is 14.9. The molecular weight excluding hydrogens is 269 g/mol. The van der Waals surface area contributed by atoms with Crippen LogP contribution in [0.1, 0.15) is 12.0 Å². The highest BCUT2D eigenvalue weighted by molar-refractivity contribution is 5.76. The zero-order valence-corrected chi connectivity index (χ0v) is 11.7. The Morgan fingerprint density at radius 1 is 1.05 bits per heavy atom. The van der Waals surface area contributed by atoms with Crippen LogP contribution in [0.2, 0.25) is 0 Å². The first-order valence-electron chi connectivity index (χ1n) is 6.93. The fourth-order valence-electron chi connectivity index (χ4n) is 1.88. The van der Waals surface area contributed by atoms with Crippen molar-refractivity contribution in [3.05, 3.63) is 66.0 Å². The molecule has 0 heterocycles. The Balaban J connectivity index is 1.60. The summed E-state index contributed by atoms with van der Waals surface area (Å²) in [5, 5.41) is 2.80. The summed E-state index contributed by atoms with van der Waals surface area (Å²) in [6.45, 7) is 0.799. The molecule has 0 aromatic heterocycles. The Bertz CT molecular complexity index is 555. The molecule has 0 bridgehead atoms. The molecule has 0 aliphatic heterocycles. The predicted octanol–water partition coefficient (Wildman–Crippen LogP) is 2.95. The van der Waals surface area contributed by atoms with E-state index >= 15 is 0 Å². The van der Waals surface area contributed by atoms with E-state index in [4.69, 9.17) is 4.74 Å². The molecule has 2 aromatic carbocycles. The Hall–Kier alpha value is -2.36. The highest BCUT2D eigenvalue weighted by Crippen LogP contribution is 2.10. The van der Waals surface area contributed by atoms with Gasteiger partial charge in [0.15, 0.2) is 0 Å². The maximum absolute atomic E-state index is 12.7. The number of amides is 1. The van der Waals surface area contributed by atoms with Gasteiger partial charge in [-0.25, -0.2) is 4.39 Å². The fraction of sp³-hybridized carbons (Fsp3) is 0.235. The molecule has 2 rings (SSSR count). The number of aryl methyl sites for hydroxylation is 1. The summed E-state index contributed by atoms with van der Waals surface area (Å²) in [5.74, 6) is 0.299. The number of carbonyl (C=O) groups excluding carboxylic acids is 1. The summed E-state index contributed by atoms with van der Waals surface area (Å²) in [4.78, 5) is 11.7. The van der Waals surface area contributed by atoms with E-state index in [-0.39, 0.29) is 11.7 Å². The second-order valence-electron chi connectivity index (χ2n) is 4.64. The number of benzene rings is 2. The first-order chi connectivity index (χ1) is 10.2. The predicted molar refractivity (Wildman–Crippen MR) is 79.7 cm³/mol. The molecule has 110 valence electrons. The van der Waals surface area contributed by atoms with E-state index in [1.807, 2.05) is 30.3 Å². The monoisotopic (exact) mass is 287 g/mol. The van der Waals surface area contributed by atoms with Gasteiger partial charge < -0.3 is 10.1 Å². The normalized spacial score (nSPS) is 10.1. The highest BCUT2D eigenvalue weighted by atomic mass is 19.1. The molecule has 0 fully saturated rings. The van der Waals surface area contributed by atoms with Crippen LogP contribution in [0.4, 0.5) is 4.39 Å². The average Bonchev–Trinajstić information content (AvgIpc) is 2.52. The fourth-order valence-corrected chi connectivity index (χ4v) is 1.88. The molecule has 0 radical (unpaired) electrons. The lowest BCUT2D eigenvalue weighted by Gasteiger charge is -2.07. The summed E-state index contributed by atoms with van der Waals surface area (Å²) >= 11 is 0. The molecule has 1 N–H and O–H groups in total. The summed E-state index contributed by atoms with van der Waals surface area (Å²) < 4.78 is 18.1. The first kappa shape index (κ1) is 15.0. The number of carbonyl (C=O) groups is 1. The van der Waals surface area contributed by atoms with Crippen molar-refractivity contribution >= 4 is 5.91 Å². The van der Waals surface area contributed by atoms with Gasteiger partial charge in [-0.1, -0.05) is 30.3 Å².